The van der Waals surface area contributed by atoms with Gasteiger partial charge in [0.2, 0.25) is 5.78 Å². The standard InChI is InChI=1S/C10H11NO2S/c12-9-4-6-11(10(9)13)5-3-8-2-1-7-14-8/h1-2,7H,3-6H2. The summed E-state index contributed by atoms with van der Waals surface area (Å²) in [6, 6.07) is 4.05. The lowest BCUT2D eigenvalue weighted by Gasteiger charge is -2.12. The van der Waals surface area contributed by atoms with E-state index in [0.29, 0.717) is 19.5 Å². The summed E-state index contributed by atoms with van der Waals surface area (Å²) >= 11 is 1.69. The molecule has 1 aromatic heterocycles. The van der Waals surface area contributed by atoms with Crippen molar-refractivity contribution < 1.29 is 9.59 Å². The number of carbonyl (C=O) groups is 2. The van der Waals surface area contributed by atoms with Gasteiger partial charge in [-0.2, -0.15) is 0 Å². The van der Waals surface area contributed by atoms with Crippen molar-refractivity contribution in [3.05, 3.63) is 22.4 Å². The zero-order valence-corrected chi connectivity index (χ0v) is 8.55. The first-order chi connectivity index (χ1) is 6.77. The molecule has 1 amide bonds. The quantitative estimate of drug-likeness (QED) is 0.699. The van der Waals surface area contributed by atoms with Gasteiger partial charge in [0, 0.05) is 24.4 Å². The normalized spacial score (nSPS) is 16.7. The smallest absolute Gasteiger partial charge is 0.290 e. The zero-order valence-electron chi connectivity index (χ0n) is 7.73. The second kappa shape index (κ2) is 3.92. The molecule has 0 unspecified atom stereocenters. The Labute approximate surface area is 86.3 Å². The largest absolute Gasteiger partial charge is 0.335 e. The van der Waals surface area contributed by atoms with E-state index >= 15 is 0 Å². The van der Waals surface area contributed by atoms with E-state index in [-0.39, 0.29) is 11.7 Å². The number of nitrogens with zero attached hydrogens (tertiary/aromatic N) is 1. The van der Waals surface area contributed by atoms with Crippen LogP contribution in [-0.2, 0) is 16.0 Å². The molecule has 0 spiro atoms. The molecule has 1 fully saturated rings. The third kappa shape index (κ3) is 1.85. The van der Waals surface area contributed by atoms with Crippen LogP contribution >= 0.6 is 11.3 Å². The number of thiophene rings is 1. The molecule has 14 heavy (non-hydrogen) atoms. The van der Waals surface area contributed by atoms with Crippen LogP contribution in [0.3, 0.4) is 0 Å². The monoisotopic (exact) mass is 209 g/mol. The molecule has 0 aliphatic carbocycles. The van der Waals surface area contributed by atoms with Crippen LogP contribution in [0.1, 0.15) is 11.3 Å². The summed E-state index contributed by atoms with van der Waals surface area (Å²) in [5, 5.41) is 2.02. The number of hydrogen-bond donors (Lipinski definition) is 0. The summed E-state index contributed by atoms with van der Waals surface area (Å²) in [6.07, 6.45) is 1.25. The fourth-order valence-electron chi connectivity index (χ4n) is 1.53. The zero-order chi connectivity index (χ0) is 9.97. The molecule has 1 aliphatic rings. The molecule has 0 N–H and O–H groups in total. The third-order valence-corrected chi connectivity index (χ3v) is 3.28. The topological polar surface area (TPSA) is 37.4 Å². The molecule has 0 radical (unpaired) electrons. The number of rotatable bonds is 3. The average Bonchev–Trinajstić information content (AvgIpc) is 2.77. The van der Waals surface area contributed by atoms with Crippen molar-refractivity contribution in [3.63, 3.8) is 0 Å². The number of likely N-dealkylation sites (tertiary alicyclic amines) is 1. The first-order valence-electron chi connectivity index (χ1n) is 4.62. The summed E-state index contributed by atoms with van der Waals surface area (Å²) in [4.78, 5) is 25.1. The average molecular weight is 209 g/mol. The molecular weight excluding hydrogens is 198 g/mol. The molecule has 0 bridgehead atoms. The lowest BCUT2D eigenvalue weighted by molar-refractivity contribution is -0.139. The molecule has 2 rings (SSSR count). The SMILES string of the molecule is O=C1CCN(CCc2cccs2)C1=O. The Morgan fingerprint density at radius 2 is 2.29 bits per heavy atom. The third-order valence-electron chi connectivity index (χ3n) is 2.34. The van der Waals surface area contributed by atoms with Gasteiger partial charge in [-0.05, 0) is 17.9 Å². The van der Waals surface area contributed by atoms with Gasteiger partial charge in [-0.15, -0.1) is 11.3 Å². The van der Waals surface area contributed by atoms with Crippen LogP contribution in [0.4, 0.5) is 0 Å². The second-order valence-corrected chi connectivity index (χ2v) is 4.33. The lowest BCUT2D eigenvalue weighted by atomic mass is 10.3. The van der Waals surface area contributed by atoms with Crippen LogP contribution in [0.15, 0.2) is 17.5 Å². The first kappa shape index (κ1) is 9.40. The number of ketones is 1. The molecule has 4 heteroatoms. The minimum atomic E-state index is -0.304. The maximum Gasteiger partial charge on any atom is 0.290 e. The van der Waals surface area contributed by atoms with Crippen LogP contribution in [-0.4, -0.2) is 29.7 Å². The van der Waals surface area contributed by atoms with Crippen LogP contribution in [0.5, 0.6) is 0 Å². The van der Waals surface area contributed by atoms with Gasteiger partial charge in [-0.1, -0.05) is 6.07 Å². The van der Waals surface area contributed by atoms with E-state index in [9.17, 15) is 9.59 Å². The summed E-state index contributed by atoms with van der Waals surface area (Å²) in [6.45, 7) is 1.27. The van der Waals surface area contributed by atoms with Gasteiger partial charge in [0.05, 0.1) is 0 Å². The first-order valence-corrected chi connectivity index (χ1v) is 5.50. The summed E-state index contributed by atoms with van der Waals surface area (Å²) in [5.41, 5.74) is 0. The van der Waals surface area contributed by atoms with E-state index in [1.807, 2.05) is 17.5 Å². The Morgan fingerprint density at radius 1 is 1.43 bits per heavy atom. The van der Waals surface area contributed by atoms with E-state index in [1.165, 1.54) is 4.88 Å². The second-order valence-electron chi connectivity index (χ2n) is 3.29. The van der Waals surface area contributed by atoms with Crippen molar-refractivity contribution in [2.24, 2.45) is 0 Å². The molecule has 0 aromatic carbocycles. The minimum absolute atomic E-state index is 0.240. The van der Waals surface area contributed by atoms with Crippen LogP contribution in [0.2, 0.25) is 0 Å². The van der Waals surface area contributed by atoms with Gasteiger partial charge in [-0.3, -0.25) is 9.59 Å². The van der Waals surface area contributed by atoms with Gasteiger partial charge in [0.25, 0.3) is 5.91 Å². The van der Waals surface area contributed by atoms with Gasteiger partial charge >= 0.3 is 0 Å². The number of amides is 1. The Hall–Kier alpha value is -1.16. The number of hydrogen-bond acceptors (Lipinski definition) is 3. The Bertz CT molecular complexity index is 345. The van der Waals surface area contributed by atoms with Crippen molar-refractivity contribution in [1.29, 1.82) is 0 Å². The summed E-state index contributed by atoms with van der Waals surface area (Å²) in [5.74, 6) is -0.544. The molecule has 1 saturated heterocycles. The molecule has 2 heterocycles. The van der Waals surface area contributed by atoms with Gasteiger partial charge < -0.3 is 4.90 Å². The van der Waals surface area contributed by atoms with Gasteiger partial charge in [-0.25, -0.2) is 0 Å². The minimum Gasteiger partial charge on any atom is -0.335 e. The predicted octanol–water partition coefficient (Wildman–Crippen LogP) is 1.09. The summed E-state index contributed by atoms with van der Waals surface area (Å²) < 4.78 is 0. The molecule has 0 saturated carbocycles. The maximum absolute atomic E-state index is 11.2. The fourth-order valence-corrected chi connectivity index (χ4v) is 2.23. The highest BCUT2D eigenvalue weighted by Crippen LogP contribution is 2.12. The Morgan fingerprint density at radius 3 is 2.86 bits per heavy atom. The van der Waals surface area contributed by atoms with E-state index in [4.69, 9.17) is 0 Å². The van der Waals surface area contributed by atoms with Gasteiger partial charge in [0.1, 0.15) is 0 Å². The predicted molar refractivity (Wildman–Crippen MR) is 54.2 cm³/mol. The van der Waals surface area contributed by atoms with Crippen molar-refractivity contribution in [1.82, 2.24) is 4.90 Å². The van der Waals surface area contributed by atoms with Crippen molar-refractivity contribution in [3.8, 4) is 0 Å². The van der Waals surface area contributed by atoms with Crippen molar-refractivity contribution in [2.45, 2.75) is 12.8 Å². The van der Waals surface area contributed by atoms with Gasteiger partial charge in [0.15, 0.2) is 0 Å². The number of carbonyl (C=O) groups excluding carboxylic acids is 2. The molecule has 74 valence electrons. The Kier molecular flexibility index (Phi) is 2.63. The summed E-state index contributed by atoms with van der Waals surface area (Å²) in [7, 11) is 0. The highest BCUT2D eigenvalue weighted by Gasteiger charge is 2.28. The van der Waals surface area contributed by atoms with Crippen molar-refractivity contribution in [2.75, 3.05) is 13.1 Å². The molecular formula is C10H11NO2S. The van der Waals surface area contributed by atoms with Crippen LogP contribution in [0.25, 0.3) is 0 Å². The van der Waals surface area contributed by atoms with Crippen LogP contribution in [0, 0.1) is 0 Å². The highest BCUT2D eigenvalue weighted by atomic mass is 32.1. The number of Topliss-reactive ketones (excluding diaryl/α,β-unsaturated/α-hetero) is 1. The fraction of sp³-hybridized carbons (Fsp3) is 0.400. The Balaban J connectivity index is 1.87. The maximum atomic E-state index is 11.2. The molecule has 1 aromatic rings. The molecule has 3 nitrogen and oxygen atoms in total. The highest BCUT2D eigenvalue weighted by molar-refractivity contribution is 7.09. The lowest BCUT2D eigenvalue weighted by Crippen LogP contribution is -2.29. The molecule has 0 atom stereocenters. The van der Waals surface area contributed by atoms with E-state index < -0.39 is 0 Å². The van der Waals surface area contributed by atoms with E-state index in [0.717, 1.165) is 6.42 Å². The van der Waals surface area contributed by atoms with E-state index in [2.05, 4.69) is 0 Å². The van der Waals surface area contributed by atoms with Crippen molar-refractivity contribution >= 4 is 23.0 Å². The van der Waals surface area contributed by atoms with E-state index in [1.54, 1.807) is 16.2 Å². The molecule has 1 aliphatic heterocycles. The van der Waals surface area contributed by atoms with Crippen LogP contribution < -0.4 is 0 Å².